The molecule has 15 heavy (non-hydrogen) atoms. The molecule has 4 nitrogen and oxygen atoms in total. The highest BCUT2D eigenvalue weighted by Crippen LogP contribution is 2.33. The summed E-state index contributed by atoms with van der Waals surface area (Å²) < 4.78 is 5.58. The molecule has 1 atom stereocenters. The molecule has 1 amide bonds. The van der Waals surface area contributed by atoms with E-state index in [1.54, 1.807) is 6.07 Å². The summed E-state index contributed by atoms with van der Waals surface area (Å²) in [5, 5.41) is 2.81. The van der Waals surface area contributed by atoms with E-state index in [1.165, 1.54) is 0 Å². The molecule has 1 aliphatic heterocycles. The van der Waals surface area contributed by atoms with E-state index in [-0.39, 0.29) is 11.8 Å². The van der Waals surface area contributed by atoms with Gasteiger partial charge >= 0.3 is 0 Å². The SMILES string of the molecule is Cc1cc(N)cc2c1OCC(C)C(=O)N2. The first-order chi connectivity index (χ1) is 7.08. The van der Waals surface area contributed by atoms with Crippen LogP contribution in [0.25, 0.3) is 0 Å². The molecule has 4 heteroatoms. The predicted molar refractivity (Wildman–Crippen MR) is 58.9 cm³/mol. The third-order valence-corrected chi connectivity index (χ3v) is 2.48. The van der Waals surface area contributed by atoms with Crippen LogP contribution in [0.4, 0.5) is 11.4 Å². The number of benzene rings is 1. The number of ether oxygens (including phenoxy) is 1. The number of nitrogens with one attached hydrogen (secondary N) is 1. The average Bonchev–Trinajstić information content (AvgIpc) is 2.27. The molecule has 0 aromatic heterocycles. The second kappa shape index (κ2) is 3.46. The lowest BCUT2D eigenvalue weighted by Gasteiger charge is -2.10. The number of fused-ring (bicyclic) bond motifs is 1. The Balaban J connectivity index is 2.47. The molecule has 0 spiro atoms. The number of carbonyl (C=O) groups is 1. The second-order valence-corrected chi connectivity index (χ2v) is 3.92. The van der Waals surface area contributed by atoms with Crippen molar-refractivity contribution < 1.29 is 9.53 Å². The summed E-state index contributed by atoms with van der Waals surface area (Å²) in [6.45, 7) is 4.15. The Hall–Kier alpha value is -1.71. The molecule has 0 aliphatic carbocycles. The maximum atomic E-state index is 11.6. The summed E-state index contributed by atoms with van der Waals surface area (Å²) in [5.74, 6) is 0.554. The summed E-state index contributed by atoms with van der Waals surface area (Å²) in [6, 6.07) is 3.55. The van der Waals surface area contributed by atoms with Gasteiger partial charge in [-0.2, -0.15) is 0 Å². The average molecular weight is 206 g/mol. The Bertz CT molecular complexity index is 415. The van der Waals surface area contributed by atoms with E-state index >= 15 is 0 Å². The molecule has 0 bridgehead atoms. The molecule has 3 N–H and O–H groups in total. The number of amides is 1. The molecule has 0 saturated heterocycles. The van der Waals surface area contributed by atoms with Crippen LogP contribution in [-0.4, -0.2) is 12.5 Å². The van der Waals surface area contributed by atoms with Gasteiger partial charge in [0.15, 0.2) is 0 Å². The van der Waals surface area contributed by atoms with Crippen molar-refractivity contribution in [3.63, 3.8) is 0 Å². The van der Waals surface area contributed by atoms with Gasteiger partial charge in [0.1, 0.15) is 5.75 Å². The number of anilines is 2. The fraction of sp³-hybridized carbons (Fsp3) is 0.364. The quantitative estimate of drug-likeness (QED) is 0.633. The van der Waals surface area contributed by atoms with Gasteiger partial charge < -0.3 is 15.8 Å². The van der Waals surface area contributed by atoms with Crippen molar-refractivity contribution >= 4 is 17.3 Å². The molecule has 1 unspecified atom stereocenters. The highest BCUT2D eigenvalue weighted by Gasteiger charge is 2.21. The van der Waals surface area contributed by atoms with Crippen LogP contribution in [0.5, 0.6) is 5.75 Å². The van der Waals surface area contributed by atoms with Gasteiger partial charge in [0.2, 0.25) is 5.91 Å². The summed E-state index contributed by atoms with van der Waals surface area (Å²) >= 11 is 0. The Labute approximate surface area is 88.4 Å². The molecule has 1 heterocycles. The van der Waals surface area contributed by atoms with Crippen molar-refractivity contribution in [1.29, 1.82) is 0 Å². The zero-order valence-electron chi connectivity index (χ0n) is 8.83. The predicted octanol–water partition coefficient (Wildman–Crippen LogP) is 1.54. The summed E-state index contributed by atoms with van der Waals surface area (Å²) in [4.78, 5) is 11.6. The lowest BCUT2D eigenvalue weighted by Crippen LogP contribution is -2.22. The van der Waals surface area contributed by atoms with E-state index in [2.05, 4.69) is 5.32 Å². The molecule has 80 valence electrons. The van der Waals surface area contributed by atoms with Crippen molar-refractivity contribution in [1.82, 2.24) is 0 Å². The number of hydrogen-bond donors (Lipinski definition) is 2. The smallest absolute Gasteiger partial charge is 0.230 e. The van der Waals surface area contributed by atoms with Gasteiger partial charge in [-0.15, -0.1) is 0 Å². The summed E-state index contributed by atoms with van der Waals surface area (Å²) in [5.41, 5.74) is 7.95. The third kappa shape index (κ3) is 1.75. The van der Waals surface area contributed by atoms with Crippen molar-refractivity contribution in [2.24, 2.45) is 5.92 Å². The van der Waals surface area contributed by atoms with Crippen molar-refractivity contribution in [3.05, 3.63) is 17.7 Å². The Morgan fingerprint density at radius 2 is 2.27 bits per heavy atom. The van der Waals surface area contributed by atoms with E-state index in [0.717, 1.165) is 11.3 Å². The van der Waals surface area contributed by atoms with Crippen LogP contribution >= 0.6 is 0 Å². The van der Waals surface area contributed by atoms with Crippen LogP contribution in [0.3, 0.4) is 0 Å². The number of nitrogens with two attached hydrogens (primary N) is 1. The molecular formula is C11H14N2O2. The first-order valence-electron chi connectivity index (χ1n) is 4.91. The molecular weight excluding hydrogens is 192 g/mol. The van der Waals surface area contributed by atoms with E-state index in [9.17, 15) is 4.79 Å². The van der Waals surface area contributed by atoms with Crippen LogP contribution in [0.2, 0.25) is 0 Å². The summed E-state index contributed by atoms with van der Waals surface area (Å²) in [7, 11) is 0. The van der Waals surface area contributed by atoms with Crippen LogP contribution in [0.1, 0.15) is 12.5 Å². The van der Waals surface area contributed by atoms with Gasteiger partial charge in [0, 0.05) is 5.69 Å². The van der Waals surface area contributed by atoms with Gasteiger partial charge in [0.25, 0.3) is 0 Å². The van der Waals surface area contributed by atoms with E-state index < -0.39 is 0 Å². The minimum Gasteiger partial charge on any atom is -0.490 e. The van der Waals surface area contributed by atoms with Crippen LogP contribution < -0.4 is 15.8 Å². The number of nitrogen functional groups attached to an aromatic ring is 1. The largest absolute Gasteiger partial charge is 0.490 e. The Kier molecular flexibility index (Phi) is 2.26. The van der Waals surface area contributed by atoms with Crippen molar-refractivity contribution in [2.75, 3.05) is 17.7 Å². The molecule has 0 fully saturated rings. The lowest BCUT2D eigenvalue weighted by molar-refractivity contribution is -0.119. The minimum absolute atomic E-state index is 0.0289. The molecule has 1 aromatic rings. The number of rotatable bonds is 0. The molecule has 1 aliphatic rings. The molecule has 2 rings (SSSR count). The number of aryl methyl sites for hydroxylation is 1. The van der Waals surface area contributed by atoms with Gasteiger partial charge in [0.05, 0.1) is 18.2 Å². The molecule has 0 saturated carbocycles. The Morgan fingerprint density at radius 1 is 1.53 bits per heavy atom. The lowest BCUT2D eigenvalue weighted by atomic mass is 10.1. The van der Waals surface area contributed by atoms with Crippen LogP contribution in [-0.2, 0) is 4.79 Å². The molecule has 0 radical (unpaired) electrons. The van der Waals surface area contributed by atoms with Gasteiger partial charge in [-0.3, -0.25) is 4.79 Å². The van der Waals surface area contributed by atoms with E-state index in [1.807, 2.05) is 19.9 Å². The standard InChI is InChI=1S/C11H14N2O2/c1-6-3-8(12)4-9-10(6)15-5-7(2)11(14)13-9/h3-4,7H,5,12H2,1-2H3,(H,13,14). The number of hydrogen-bond acceptors (Lipinski definition) is 3. The van der Waals surface area contributed by atoms with Gasteiger partial charge in [-0.25, -0.2) is 0 Å². The first-order valence-corrected chi connectivity index (χ1v) is 4.91. The Morgan fingerprint density at radius 3 is 3.00 bits per heavy atom. The normalized spacial score (nSPS) is 19.9. The van der Waals surface area contributed by atoms with Crippen molar-refractivity contribution in [2.45, 2.75) is 13.8 Å². The zero-order chi connectivity index (χ0) is 11.0. The topological polar surface area (TPSA) is 64.3 Å². The fourth-order valence-corrected chi connectivity index (χ4v) is 1.63. The fourth-order valence-electron chi connectivity index (χ4n) is 1.63. The highest BCUT2D eigenvalue weighted by molar-refractivity contribution is 5.95. The maximum absolute atomic E-state index is 11.6. The highest BCUT2D eigenvalue weighted by atomic mass is 16.5. The first kappa shape index (κ1) is 9.83. The number of carbonyl (C=O) groups excluding carboxylic acids is 1. The second-order valence-electron chi connectivity index (χ2n) is 3.92. The van der Waals surface area contributed by atoms with Crippen LogP contribution in [0, 0.1) is 12.8 Å². The monoisotopic (exact) mass is 206 g/mol. The summed E-state index contributed by atoms with van der Waals surface area (Å²) in [6.07, 6.45) is 0. The van der Waals surface area contributed by atoms with E-state index in [0.29, 0.717) is 18.0 Å². The third-order valence-electron chi connectivity index (χ3n) is 2.48. The van der Waals surface area contributed by atoms with Gasteiger partial charge in [-0.05, 0) is 24.6 Å². The minimum atomic E-state index is -0.141. The van der Waals surface area contributed by atoms with Crippen LogP contribution in [0.15, 0.2) is 12.1 Å². The maximum Gasteiger partial charge on any atom is 0.230 e. The van der Waals surface area contributed by atoms with Crippen molar-refractivity contribution in [3.8, 4) is 5.75 Å². The van der Waals surface area contributed by atoms with E-state index in [4.69, 9.17) is 10.5 Å². The molecule has 1 aromatic carbocycles. The zero-order valence-corrected chi connectivity index (χ0v) is 8.83. The van der Waals surface area contributed by atoms with Gasteiger partial charge in [-0.1, -0.05) is 6.92 Å².